The van der Waals surface area contributed by atoms with Crippen LogP contribution in [0.25, 0.3) is 6.08 Å². The van der Waals surface area contributed by atoms with E-state index in [0.717, 1.165) is 16.7 Å². The molecular formula is C18H21FN2O3S. The summed E-state index contributed by atoms with van der Waals surface area (Å²) in [7, 11) is 0. The summed E-state index contributed by atoms with van der Waals surface area (Å²) in [5.41, 5.74) is -0.241. The smallest absolute Gasteiger partial charge is 0.293 e. The minimum absolute atomic E-state index is 0.0881. The predicted molar refractivity (Wildman–Crippen MR) is 96.2 cm³/mol. The van der Waals surface area contributed by atoms with Crippen molar-refractivity contribution in [2.45, 2.75) is 27.2 Å². The van der Waals surface area contributed by atoms with E-state index in [4.69, 9.17) is 0 Å². The number of halogens is 1. The van der Waals surface area contributed by atoms with Crippen molar-refractivity contribution in [1.82, 2.24) is 10.2 Å². The Kier molecular flexibility index (Phi) is 6.00. The van der Waals surface area contributed by atoms with E-state index >= 15 is 0 Å². The van der Waals surface area contributed by atoms with Gasteiger partial charge in [-0.15, -0.1) is 0 Å². The number of imide groups is 1. The van der Waals surface area contributed by atoms with E-state index in [0.29, 0.717) is 6.42 Å². The molecule has 7 heteroatoms. The Hall–Kier alpha value is -2.15. The average molecular weight is 364 g/mol. The molecule has 1 N–H and O–H groups in total. The number of rotatable bonds is 6. The van der Waals surface area contributed by atoms with Crippen molar-refractivity contribution >= 4 is 34.9 Å². The first kappa shape index (κ1) is 19.2. The first-order valence-corrected chi connectivity index (χ1v) is 8.86. The molecule has 2 rings (SSSR count). The number of thioether (sulfide) groups is 1. The van der Waals surface area contributed by atoms with Gasteiger partial charge in [-0.3, -0.25) is 19.3 Å². The van der Waals surface area contributed by atoms with Crippen molar-refractivity contribution in [3.63, 3.8) is 0 Å². The highest BCUT2D eigenvalue weighted by molar-refractivity contribution is 8.18. The second kappa shape index (κ2) is 7.82. The number of hydrogen-bond donors (Lipinski definition) is 1. The highest BCUT2D eigenvalue weighted by Gasteiger charge is 2.35. The van der Waals surface area contributed by atoms with Crippen LogP contribution in [0.1, 0.15) is 32.8 Å². The standard InChI is InChI=1S/C18H21FN2O3S/c1-4-18(2,3)16(23)20-9-10-21-15(22)14(25-17(21)24)11-12-7-5-6-8-13(12)19/h5-8,11H,4,9-10H2,1-3H3,(H,20,23)/b14-11-. The molecule has 0 unspecified atom stereocenters. The summed E-state index contributed by atoms with van der Waals surface area (Å²) in [5.74, 6) is -1.05. The number of nitrogens with zero attached hydrogens (tertiary/aromatic N) is 1. The minimum Gasteiger partial charge on any atom is -0.354 e. The lowest BCUT2D eigenvalue weighted by Gasteiger charge is -2.22. The van der Waals surface area contributed by atoms with Gasteiger partial charge < -0.3 is 5.32 Å². The van der Waals surface area contributed by atoms with Crippen LogP contribution < -0.4 is 5.32 Å². The van der Waals surface area contributed by atoms with Crippen LogP contribution in [0.15, 0.2) is 29.2 Å². The number of hydrogen-bond acceptors (Lipinski definition) is 4. The number of carbonyl (C=O) groups excluding carboxylic acids is 3. The molecule has 0 atom stereocenters. The third-order valence-electron chi connectivity index (χ3n) is 4.18. The molecule has 0 aromatic heterocycles. The Morgan fingerprint density at radius 2 is 2.00 bits per heavy atom. The molecule has 1 heterocycles. The zero-order valence-corrected chi connectivity index (χ0v) is 15.3. The molecule has 0 saturated carbocycles. The van der Waals surface area contributed by atoms with Crippen LogP contribution in [-0.4, -0.2) is 35.0 Å². The van der Waals surface area contributed by atoms with E-state index in [1.165, 1.54) is 18.2 Å². The van der Waals surface area contributed by atoms with Gasteiger partial charge in [0.15, 0.2) is 0 Å². The van der Waals surface area contributed by atoms with Gasteiger partial charge >= 0.3 is 0 Å². The van der Waals surface area contributed by atoms with Crippen LogP contribution in [0.3, 0.4) is 0 Å². The van der Waals surface area contributed by atoms with Crippen molar-refractivity contribution in [2.75, 3.05) is 13.1 Å². The van der Waals surface area contributed by atoms with E-state index in [1.54, 1.807) is 12.1 Å². The van der Waals surface area contributed by atoms with Crippen LogP contribution in [-0.2, 0) is 9.59 Å². The Labute approximate surface area is 150 Å². The van der Waals surface area contributed by atoms with Crippen molar-refractivity contribution < 1.29 is 18.8 Å². The maximum absolute atomic E-state index is 13.7. The van der Waals surface area contributed by atoms with Crippen molar-refractivity contribution in [3.05, 3.63) is 40.6 Å². The summed E-state index contributed by atoms with van der Waals surface area (Å²) in [6.07, 6.45) is 2.06. The van der Waals surface area contributed by atoms with Crippen molar-refractivity contribution in [1.29, 1.82) is 0 Å². The Bertz CT molecular complexity index is 731. The van der Waals surface area contributed by atoms with Gasteiger partial charge in [0.2, 0.25) is 5.91 Å². The molecule has 0 spiro atoms. The predicted octanol–water partition coefficient (Wildman–Crippen LogP) is 3.41. The molecule has 1 fully saturated rings. The number of nitrogens with one attached hydrogen (secondary N) is 1. The zero-order chi connectivity index (χ0) is 18.6. The van der Waals surface area contributed by atoms with Gasteiger partial charge in [0.1, 0.15) is 5.82 Å². The van der Waals surface area contributed by atoms with Crippen LogP contribution in [0.4, 0.5) is 9.18 Å². The van der Waals surface area contributed by atoms with Crippen molar-refractivity contribution in [3.8, 4) is 0 Å². The highest BCUT2D eigenvalue weighted by Crippen LogP contribution is 2.32. The highest BCUT2D eigenvalue weighted by atomic mass is 32.2. The van der Waals surface area contributed by atoms with Gasteiger partial charge in [0, 0.05) is 24.1 Å². The topological polar surface area (TPSA) is 66.5 Å². The van der Waals surface area contributed by atoms with E-state index < -0.39 is 22.4 Å². The molecule has 25 heavy (non-hydrogen) atoms. The summed E-state index contributed by atoms with van der Waals surface area (Å²) < 4.78 is 13.7. The molecule has 3 amide bonds. The Balaban J connectivity index is 2.00. The second-order valence-corrected chi connectivity index (χ2v) is 7.34. The molecule has 1 saturated heterocycles. The first-order valence-electron chi connectivity index (χ1n) is 8.04. The third-order valence-corrected chi connectivity index (χ3v) is 5.09. The monoisotopic (exact) mass is 364 g/mol. The second-order valence-electron chi connectivity index (χ2n) is 6.35. The lowest BCUT2D eigenvalue weighted by Crippen LogP contribution is -2.42. The molecular weight excluding hydrogens is 343 g/mol. The maximum atomic E-state index is 13.7. The number of amides is 3. The minimum atomic E-state index is -0.496. The maximum Gasteiger partial charge on any atom is 0.293 e. The molecule has 1 aromatic carbocycles. The van der Waals surface area contributed by atoms with Gasteiger partial charge in [-0.1, -0.05) is 39.0 Å². The van der Waals surface area contributed by atoms with E-state index in [9.17, 15) is 18.8 Å². The van der Waals surface area contributed by atoms with Crippen LogP contribution in [0.5, 0.6) is 0 Å². The molecule has 134 valence electrons. The molecule has 0 aliphatic carbocycles. The van der Waals surface area contributed by atoms with Gasteiger partial charge in [0.25, 0.3) is 11.1 Å². The third kappa shape index (κ3) is 4.48. The van der Waals surface area contributed by atoms with Gasteiger partial charge in [-0.05, 0) is 30.3 Å². The van der Waals surface area contributed by atoms with Crippen LogP contribution >= 0.6 is 11.8 Å². The Morgan fingerprint density at radius 3 is 2.64 bits per heavy atom. The van der Waals surface area contributed by atoms with Crippen LogP contribution in [0, 0.1) is 11.2 Å². The van der Waals surface area contributed by atoms with Crippen LogP contribution in [0.2, 0.25) is 0 Å². The molecule has 0 radical (unpaired) electrons. The molecule has 1 aliphatic rings. The SMILES string of the molecule is CCC(C)(C)C(=O)NCCN1C(=O)S/C(=C\c2ccccc2F)C1=O. The van der Waals surface area contributed by atoms with Gasteiger partial charge in [0.05, 0.1) is 4.91 Å². The summed E-state index contributed by atoms with van der Waals surface area (Å²) in [5, 5.41) is 2.32. The lowest BCUT2D eigenvalue weighted by atomic mass is 9.89. The summed E-state index contributed by atoms with van der Waals surface area (Å²) in [6, 6.07) is 6.04. The van der Waals surface area contributed by atoms with Gasteiger partial charge in [-0.25, -0.2) is 4.39 Å². The Morgan fingerprint density at radius 1 is 1.32 bits per heavy atom. The quantitative estimate of drug-likeness (QED) is 0.786. The average Bonchev–Trinajstić information content (AvgIpc) is 2.84. The molecule has 0 bridgehead atoms. The lowest BCUT2D eigenvalue weighted by molar-refractivity contribution is -0.130. The molecule has 1 aliphatic heterocycles. The van der Waals surface area contributed by atoms with E-state index in [-0.39, 0.29) is 29.5 Å². The summed E-state index contributed by atoms with van der Waals surface area (Å²) in [6.45, 7) is 5.86. The fraction of sp³-hybridized carbons (Fsp3) is 0.389. The van der Waals surface area contributed by atoms with E-state index in [1.807, 2.05) is 20.8 Å². The largest absolute Gasteiger partial charge is 0.354 e. The van der Waals surface area contributed by atoms with Gasteiger partial charge in [-0.2, -0.15) is 0 Å². The summed E-state index contributed by atoms with van der Waals surface area (Å²) in [4.78, 5) is 37.6. The molecule has 5 nitrogen and oxygen atoms in total. The normalized spacial score (nSPS) is 16.6. The molecule has 1 aromatic rings. The fourth-order valence-corrected chi connectivity index (χ4v) is 2.96. The fourth-order valence-electron chi connectivity index (χ4n) is 2.11. The zero-order valence-electron chi connectivity index (χ0n) is 14.5. The first-order chi connectivity index (χ1) is 11.8. The number of benzene rings is 1. The summed E-state index contributed by atoms with van der Waals surface area (Å²) >= 11 is 0.773. The van der Waals surface area contributed by atoms with Crippen molar-refractivity contribution in [2.24, 2.45) is 5.41 Å². The number of carbonyl (C=O) groups is 3. The van der Waals surface area contributed by atoms with E-state index in [2.05, 4.69) is 5.32 Å².